The van der Waals surface area contributed by atoms with Crippen LogP contribution in [-0.4, -0.2) is 35.9 Å². The van der Waals surface area contributed by atoms with Gasteiger partial charge in [-0.1, -0.05) is 60.2 Å². The summed E-state index contributed by atoms with van der Waals surface area (Å²) in [6.45, 7) is 2.35. The van der Waals surface area contributed by atoms with Crippen molar-refractivity contribution in [2.75, 3.05) is 14.2 Å². The minimum absolute atomic E-state index is 0.00425. The molecule has 1 aromatic heterocycles. The van der Waals surface area contributed by atoms with Crippen molar-refractivity contribution in [2.24, 2.45) is 0 Å². The number of aromatic nitrogens is 2. The van der Waals surface area contributed by atoms with Crippen molar-refractivity contribution in [1.29, 1.82) is 0 Å². The van der Waals surface area contributed by atoms with E-state index in [1.54, 1.807) is 24.3 Å². The first-order chi connectivity index (χ1) is 16.5. The molecule has 0 saturated carbocycles. The van der Waals surface area contributed by atoms with Crippen LogP contribution in [0.4, 0.5) is 0 Å². The third-order valence-corrected chi connectivity index (χ3v) is 5.31. The van der Waals surface area contributed by atoms with Crippen molar-refractivity contribution in [1.82, 2.24) is 9.78 Å². The molecule has 0 bridgehead atoms. The maximum Gasteiger partial charge on any atom is 0.357 e. The van der Waals surface area contributed by atoms with Crippen LogP contribution in [0.25, 0.3) is 16.9 Å². The maximum absolute atomic E-state index is 12.9. The lowest BCUT2D eigenvalue weighted by atomic mass is 10.0. The Balaban J connectivity index is 1.86. The number of benzene rings is 3. The van der Waals surface area contributed by atoms with Crippen LogP contribution in [0.1, 0.15) is 32.0 Å². The number of hydrogen-bond donors (Lipinski definition) is 0. The van der Waals surface area contributed by atoms with Gasteiger partial charge in [-0.2, -0.15) is 5.10 Å². The molecule has 0 atom stereocenters. The molecule has 0 aliphatic heterocycles. The van der Waals surface area contributed by atoms with Crippen LogP contribution in [-0.2, 0) is 16.1 Å². The lowest BCUT2D eigenvalue weighted by Gasteiger charge is -2.11. The summed E-state index contributed by atoms with van der Waals surface area (Å²) in [5.41, 5.74) is 3.55. The minimum atomic E-state index is -0.707. The summed E-state index contributed by atoms with van der Waals surface area (Å²) < 4.78 is 17.5. The van der Waals surface area contributed by atoms with Crippen LogP contribution in [0.15, 0.2) is 78.9 Å². The van der Waals surface area contributed by atoms with E-state index in [4.69, 9.17) is 14.2 Å². The van der Waals surface area contributed by atoms with Crippen molar-refractivity contribution in [2.45, 2.75) is 13.5 Å². The van der Waals surface area contributed by atoms with Crippen LogP contribution < -0.4 is 4.74 Å². The van der Waals surface area contributed by atoms with Gasteiger partial charge in [0.2, 0.25) is 0 Å². The Kier molecular flexibility index (Phi) is 6.73. The first kappa shape index (κ1) is 22.8. The number of ether oxygens (including phenoxy) is 3. The summed E-state index contributed by atoms with van der Waals surface area (Å²) in [4.78, 5) is 25.7. The summed E-state index contributed by atoms with van der Waals surface area (Å²) in [7, 11) is 2.51. The van der Waals surface area contributed by atoms with E-state index >= 15 is 0 Å². The number of esters is 2. The molecule has 4 aromatic rings. The first-order valence-electron chi connectivity index (χ1n) is 10.7. The molecule has 0 saturated heterocycles. The van der Waals surface area contributed by atoms with E-state index in [1.165, 1.54) is 18.9 Å². The summed E-state index contributed by atoms with van der Waals surface area (Å²) in [5.74, 6) is -0.894. The Hall–Kier alpha value is -4.39. The van der Waals surface area contributed by atoms with Crippen molar-refractivity contribution in [3.05, 3.63) is 101 Å². The van der Waals surface area contributed by atoms with Gasteiger partial charge in [-0.15, -0.1) is 0 Å². The fourth-order valence-electron chi connectivity index (χ4n) is 3.58. The van der Waals surface area contributed by atoms with E-state index in [-0.39, 0.29) is 17.0 Å². The average molecular weight is 456 g/mol. The summed E-state index contributed by atoms with van der Waals surface area (Å²) in [5, 5.41) is 4.65. The molecule has 3 aromatic carbocycles. The molecular weight excluding hydrogens is 432 g/mol. The second kappa shape index (κ2) is 10.0. The van der Waals surface area contributed by atoms with Crippen molar-refractivity contribution < 1.29 is 23.8 Å². The molecule has 0 aliphatic rings. The van der Waals surface area contributed by atoms with E-state index in [1.807, 2.05) is 61.5 Å². The highest BCUT2D eigenvalue weighted by Gasteiger charge is 2.32. The molecule has 0 amide bonds. The van der Waals surface area contributed by atoms with Crippen LogP contribution >= 0.6 is 0 Å². The van der Waals surface area contributed by atoms with E-state index < -0.39 is 11.9 Å². The van der Waals surface area contributed by atoms with Gasteiger partial charge < -0.3 is 14.2 Å². The number of aryl methyl sites for hydroxylation is 1. The van der Waals surface area contributed by atoms with Gasteiger partial charge in [0.25, 0.3) is 0 Å². The minimum Gasteiger partial charge on any atom is -0.488 e. The van der Waals surface area contributed by atoms with E-state index in [0.29, 0.717) is 23.6 Å². The van der Waals surface area contributed by atoms with Gasteiger partial charge in [-0.25, -0.2) is 14.3 Å². The summed E-state index contributed by atoms with van der Waals surface area (Å²) in [6, 6.07) is 24.3. The van der Waals surface area contributed by atoms with Crippen LogP contribution in [0.3, 0.4) is 0 Å². The molecule has 7 nitrogen and oxygen atoms in total. The number of rotatable bonds is 7. The van der Waals surface area contributed by atoms with Gasteiger partial charge >= 0.3 is 11.9 Å². The third-order valence-electron chi connectivity index (χ3n) is 5.31. The Bertz CT molecular complexity index is 1310. The quantitative estimate of drug-likeness (QED) is 0.364. The number of hydrogen-bond acceptors (Lipinski definition) is 6. The van der Waals surface area contributed by atoms with E-state index in [9.17, 15) is 9.59 Å². The second-order valence-corrected chi connectivity index (χ2v) is 7.57. The molecule has 1 heterocycles. The summed E-state index contributed by atoms with van der Waals surface area (Å²) in [6.07, 6.45) is 0. The zero-order valence-electron chi connectivity index (χ0n) is 19.1. The van der Waals surface area contributed by atoms with Crippen LogP contribution in [0.5, 0.6) is 5.75 Å². The maximum atomic E-state index is 12.9. The Morgan fingerprint density at radius 2 is 1.47 bits per heavy atom. The number of nitrogens with zero attached hydrogens (tertiary/aromatic N) is 2. The molecular formula is C27H24N2O5. The molecule has 0 N–H and O–H groups in total. The highest BCUT2D eigenvalue weighted by molar-refractivity contribution is 6.07. The normalized spacial score (nSPS) is 10.6. The number of carbonyl (C=O) groups excluding carboxylic acids is 2. The largest absolute Gasteiger partial charge is 0.488 e. The van der Waals surface area contributed by atoms with Crippen molar-refractivity contribution in [3.8, 4) is 22.7 Å². The monoisotopic (exact) mass is 456 g/mol. The predicted octanol–water partition coefficient (Wildman–Crippen LogP) is 5.00. The third kappa shape index (κ3) is 4.54. The molecule has 172 valence electrons. The molecule has 7 heteroatoms. The van der Waals surface area contributed by atoms with E-state index in [2.05, 4.69) is 5.10 Å². The SMILES string of the molecule is COC(=O)c1c(-c2ccccc2OCc2ccc(C)cc2)nn(-c2ccccc2)c1C(=O)OC. The predicted molar refractivity (Wildman–Crippen MR) is 127 cm³/mol. The van der Waals surface area contributed by atoms with Gasteiger partial charge in [-0.05, 0) is 36.8 Å². The highest BCUT2D eigenvalue weighted by atomic mass is 16.5. The first-order valence-corrected chi connectivity index (χ1v) is 10.7. The lowest BCUT2D eigenvalue weighted by molar-refractivity contribution is 0.0549. The smallest absolute Gasteiger partial charge is 0.357 e. The topological polar surface area (TPSA) is 79.7 Å². The van der Waals surface area contributed by atoms with Crippen LogP contribution in [0.2, 0.25) is 0 Å². The van der Waals surface area contributed by atoms with Gasteiger partial charge in [0.1, 0.15) is 23.6 Å². The van der Waals surface area contributed by atoms with Gasteiger partial charge in [0.15, 0.2) is 5.69 Å². The number of carbonyl (C=O) groups is 2. The second-order valence-electron chi connectivity index (χ2n) is 7.57. The molecule has 0 aliphatic carbocycles. The zero-order chi connectivity index (χ0) is 24.1. The average Bonchev–Trinajstić information content (AvgIpc) is 3.28. The van der Waals surface area contributed by atoms with Crippen LogP contribution in [0, 0.1) is 6.92 Å². The van der Waals surface area contributed by atoms with E-state index in [0.717, 1.165) is 11.1 Å². The highest BCUT2D eigenvalue weighted by Crippen LogP contribution is 2.35. The molecule has 0 radical (unpaired) electrons. The Labute approximate surface area is 197 Å². The molecule has 0 spiro atoms. The zero-order valence-corrected chi connectivity index (χ0v) is 19.1. The standard InChI is InChI=1S/C27H24N2O5/c1-18-13-15-19(16-14-18)17-34-22-12-8-7-11-21(22)24-23(26(30)32-2)25(27(31)33-3)29(28-24)20-9-5-4-6-10-20/h4-16H,17H2,1-3H3. The van der Waals surface area contributed by atoms with Crippen molar-refractivity contribution >= 4 is 11.9 Å². The summed E-state index contributed by atoms with van der Waals surface area (Å²) >= 11 is 0. The molecule has 0 fully saturated rings. The fraction of sp³-hybridized carbons (Fsp3) is 0.148. The Morgan fingerprint density at radius 3 is 2.15 bits per heavy atom. The Morgan fingerprint density at radius 1 is 0.824 bits per heavy atom. The molecule has 0 unspecified atom stereocenters. The number of para-hydroxylation sites is 2. The number of methoxy groups -OCH3 is 2. The fourth-order valence-corrected chi connectivity index (χ4v) is 3.58. The molecule has 4 rings (SSSR count). The van der Waals surface area contributed by atoms with Crippen molar-refractivity contribution in [3.63, 3.8) is 0 Å². The van der Waals surface area contributed by atoms with Gasteiger partial charge in [-0.3, -0.25) is 0 Å². The van der Waals surface area contributed by atoms with Gasteiger partial charge in [0.05, 0.1) is 19.9 Å². The lowest BCUT2D eigenvalue weighted by Crippen LogP contribution is -2.15. The molecule has 34 heavy (non-hydrogen) atoms. The van der Waals surface area contributed by atoms with Gasteiger partial charge in [0, 0.05) is 5.56 Å².